The van der Waals surface area contributed by atoms with E-state index < -0.39 is 0 Å². The molecule has 1 saturated heterocycles. The number of unbranched alkanes of at least 4 members (excludes halogenated alkanes) is 1. The number of guanidine groups is 1. The lowest BCUT2D eigenvalue weighted by molar-refractivity contribution is 0.206. The van der Waals surface area contributed by atoms with E-state index in [1.165, 1.54) is 38.9 Å². The molecule has 0 atom stereocenters. The van der Waals surface area contributed by atoms with E-state index in [9.17, 15) is 0 Å². The Bertz CT molecular complexity index is 508. The van der Waals surface area contributed by atoms with E-state index in [1.807, 2.05) is 6.20 Å². The van der Waals surface area contributed by atoms with Crippen LogP contribution in [-0.4, -0.2) is 59.2 Å². The Balaban J connectivity index is 0.00000338. The van der Waals surface area contributed by atoms with Crippen LogP contribution in [0.3, 0.4) is 0 Å². The Kier molecular flexibility index (Phi) is 11.9. The number of aliphatic imine (C=N–C) groups is 1. The first-order chi connectivity index (χ1) is 12.2. The van der Waals surface area contributed by atoms with Crippen LogP contribution in [0.15, 0.2) is 17.4 Å². The Morgan fingerprint density at radius 1 is 1.23 bits per heavy atom. The maximum Gasteiger partial charge on any atom is 0.191 e. The third kappa shape index (κ3) is 8.24. The number of hydrogen-bond donors (Lipinski definition) is 2. The minimum absolute atomic E-state index is 0. The molecule has 2 rings (SSSR count). The zero-order valence-electron chi connectivity index (χ0n) is 16.7. The van der Waals surface area contributed by atoms with Gasteiger partial charge in [-0.15, -0.1) is 24.0 Å². The maximum atomic E-state index is 4.76. The zero-order valence-corrected chi connectivity index (χ0v) is 19.0. The second-order valence-corrected chi connectivity index (χ2v) is 6.90. The van der Waals surface area contributed by atoms with Gasteiger partial charge >= 0.3 is 0 Å². The minimum Gasteiger partial charge on any atom is -0.357 e. The Labute approximate surface area is 176 Å². The lowest BCUT2D eigenvalue weighted by Gasteiger charge is -2.32. The van der Waals surface area contributed by atoms with Gasteiger partial charge in [0.15, 0.2) is 5.96 Å². The number of rotatable bonds is 9. The average molecular weight is 476 g/mol. The molecule has 0 aliphatic carbocycles. The minimum atomic E-state index is 0. The molecular formula is C19H37IN6. The standard InChI is InChI=1S/C19H36N6.HI/c1-4-12-24-14-8-18(9-15-24)23-19(20-5-2)22-10-6-7-13-25-16-11-21-17(25)3;/h11,16,18H,4-10,12-15H2,1-3H3,(H2,20,22,23);1H. The highest BCUT2D eigenvalue weighted by Gasteiger charge is 2.19. The van der Waals surface area contributed by atoms with Gasteiger partial charge in [-0.05, 0) is 52.5 Å². The second-order valence-electron chi connectivity index (χ2n) is 6.90. The Morgan fingerprint density at radius 2 is 2.00 bits per heavy atom. The van der Waals surface area contributed by atoms with Crippen molar-refractivity contribution in [2.24, 2.45) is 4.99 Å². The Hall–Kier alpha value is -0.830. The molecule has 0 radical (unpaired) electrons. The molecule has 2 N–H and O–H groups in total. The lowest BCUT2D eigenvalue weighted by Crippen LogP contribution is -2.48. The number of aromatic nitrogens is 2. The fourth-order valence-electron chi connectivity index (χ4n) is 3.36. The summed E-state index contributed by atoms with van der Waals surface area (Å²) in [7, 11) is 0. The third-order valence-electron chi connectivity index (χ3n) is 4.81. The molecule has 1 aromatic rings. The van der Waals surface area contributed by atoms with Crippen LogP contribution in [0.4, 0.5) is 0 Å². The van der Waals surface area contributed by atoms with Crippen molar-refractivity contribution in [3.63, 3.8) is 0 Å². The van der Waals surface area contributed by atoms with Gasteiger partial charge in [0.05, 0.1) is 0 Å². The summed E-state index contributed by atoms with van der Waals surface area (Å²) in [5.74, 6) is 2.07. The molecule has 1 aliphatic heterocycles. The van der Waals surface area contributed by atoms with E-state index >= 15 is 0 Å². The van der Waals surface area contributed by atoms with Gasteiger partial charge in [0.1, 0.15) is 5.82 Å². The molecule has 0 aromatic carbocycles. The molecule has 1 fully saturated rings. The van der Waals surface area contributed by atoms with E-state index in [1.54, 1.807) is 0 Å². The fourth-order valence-corrected chi connectivity index (χ4v) is 3.36. The highest BCUT2D eigenvalue weighted by molar-refractivity contribution is 14.0. The summed E-state index contributed by atoms with van der Waals surface area (Å²) in [5.41, 5.74) is 0. The number of piperidine rings is 1. The van der Waals surface area contributed by atoms with Gasteiger partial charge in [-0.2, -0.15) is 0 Å². The van der Waals surface area contributed by atoms with Crippen molar-refractivity contribution in [2.75, 3.05) is 32.7 Å². The van der Waals surface area contributed by atoms with E-state index in [0.29, 0.717) is 6.04 Å². The first kappa shape index (κ1) is 23.2. The van der Waals surface area contributed by atoms with Crippen LogP contribution in [-0.2, 0) is 6.54 Å². The van der Waals surface area contributed by atoms with Crippen LogP contribution in [0.25, 0.3) is 0 Å². The van der Waals surface area contributed by atoms with E-state index in [-0.39, 0.29) is 24.0 Å². The van der Waals surface area contributed by atoms with Gasteiger partial charge in [-0.3, -0.25) is 4.99 Å². The molecule has 7 heteroatoms. The molecular weight excluding hydrogens is 439 g/mol. The summed E-state index contributed by atoms with van der Waals surface area (Å²) in [6, 6.07) is 0.555. The quantitative estimate of drug-likeness (QED) is 0.249. The van der Waals surface area contributed by atoms with Crippen molar-refractivity contribution in [2.45, 2.75) is 65.5 Å². The molecule has 1 aliphatic rings. The van der Waals surface area contributed by atoms with Gasteiger partial charge in [0.25, 0.3) is 0 Å². The maximum absolute atomic E-state index is 4.76. The first-order valence-corrected chi connectivity index (χ1v) is 9.97. The average Bonchev–Trinajstić information content (AvgIpc) is 3.02. The molecule has 2 heterocycles. The van der Waals surface area contributed by atoms with E-state index in [0.717, 1.165) is 44.3 Å². The number of halogens is 1. The highest BCUT2D eigenvalue weighted by atomic mass is 127. The van der Waals surface area contributed by atoms with Crippen molar-refractivity contribution >= 4 is 29.9 Å². The molecule has 150 valence electrons. The summed E-state index contributed by atoms with van der Waals surface area (Å²) in [6.45, 7) is 12.9. The summed E-state index contributed by atoms with van der Waals surface area (Å²) < 4.78 is 2.21. The van der Waals surface area contributed by atoms with Crippen LogP contribution in [0.1, 0.15) is 51.8 Å². The van der Waals surface area contributed by atoms with Crippen molar-refractivity contribution in [1.29, 1.82) is 0 Å². The van der Waals surface area contributed by atoms with Crippen LogP contribution in [0, 0.1) is 6.92 Å². The van der Waals surface area contributed by atoms with Crippen LogP contribution >= 0.6 is 24.0 Å². The Morgan fingerprint density at radius 3 is 2.62 bits per heavy atom. The van der Waals surface area contributed by atoms with Crippen LogP contribution < -0.4 is 10.6 Å². The predicted octanol–water partition coefficient (Wildman–Crippen LogP) is 3.02. The van der Waals surface area contributed by atoms with Crippen molar-refractivity contribution in [1.82, 2.24) is 25.1 Å². The van der Waals surface area contributed by atoms with Gasteiger partial charge < -0.3 is 20.1 Å². The number of nitrogens with one attached hydrogen (secondary N) is 2. The molecule has 0 saturated carbocycles. The van der Waals surface area contributed by atoms with Crippen LogP contribution in [0.5, 0.6) is 0 Å². The summed E-state index contributed by atoms with van der Waals surface area (Å²) in [6.07, 6.45) is 9.83. The molecule has 0 unspecified atom stereocenters. The number of nitrogens with zero attached hydrogens (tertiary/aromatic N) is 4. The molecule has 0 amide bonds. The summed E-state index contributed by atoms with van der Waals surface area (Å²) in [4.78, 5) is 11.6. The van der Waals surface area contributed by atoms with Gasteiger partial charge in [0.2, 0.25) is 0 Å². The number of likely N-dealkylation sites (tertiary alicyclic amines) is 1. The summed E-state index contributed by atoms with van der Waals surface area (Å²) in [5, 5.41) is 7.02. The second kappa shape index (κ2) is 13.4. The van der Waals surface area contributed by atoms with Gasteiger partial charge in [-0.1, -0.05) is 6.92 Å². The SMILES string of the molecule is CCCN1CCC(NC(=NCCCCn2ccnc2C)NCC)CC1.I. The monoisotopic (exact) mass is 476 g/mol. The topological polar surface area (TPSA) is 57.5 Å². The molecule has 0 spiro atoms. The number of imidazole rings is 1. The van der Waals surface area contributed by atoms with Gasteiger partial charge in [0, 0.05) is 51.2 Å². The van der Waals surface area contributed by atoms with Gasteiger partial charge in [-0.25, -0.2) is 4.98 Å². The smallest absolute Gasteiger partial charge is 0.191 e. The van der Waals surface area contributed by atoms with Crippen molar-refractivity contribution in [3.8, 4) is 0 Å². The predicted molar refractivity (Wildman–Crippen MR) is 120 cm³/mol. The highest BCUT2D eigenvalue weighted by Crippen LogP contribution is 2.10. The molecule has 1 aromatic heterocycles. The zero-order chi connectivity index (χ0) is 17.9. The number of hydrogen-bond acceptors (Lipinski definition) is 3. The first-order valence-electron chi connectivity index (χ1n) is 9.97. The number of aryl methyl sites for hydroxylation is 2. The summed E-state index contributed by atoms with van der Waals surface area (Å²) >= 11 is 0. The van der Waals surface area contributed by atoms with E-state index in [4.69, 9.17) is 4.99 Å². The van der Waals surface area contributed by atoms with Crippen molar-refractivity contribution in [3.05, 3.63) is 18.2 Å². The van der Waals surface area contributed by atoms with Crippen molar-refractivity contribution < 1.29 is 0 Å². The normalized spacial score (nSPS) is 16.3. The van der Waals surface area contributed by atoms with E-state index in [2.05, 4.69) is 52.1 Å². The molecule has 0 bridgehead atoms. The largest absolute Gasteiger partial charge is 0.357 e. The molecule has 26 heavy (non-hydrogen) atoms. The van der Waals surface area contributed by atoms with Crippen LogP contribution in [0.2, 0.25) is 0 Å². The lowest BCUT2D eigenvalue weighted by atomic mass is 10.1. The fraction of sp³-hybridized carbons (Fsp3) is 0.789. The third-order valence-corrected chi connectivity index (χ3v) is 4.81. The molecule has 6 nitrogen and oxygen atoms in total.